The van der Waals surface area contributed by atoms with E-state index in [-0.39, 0.29) is 16.8 Å². The Morgan fingerprint density at radius 2 is 1.89 bits per heavy atom. The van der Waals surface area contributed by atoms with Crippen LogP contribution in [0.3, 0.4) is 0 Å². The summed E-state index contributed by atoms with van der Waals surface area (Å²) in [5.74, 6) is -2.35. The lowest BCUT2D eigenvalue weighted by Gasteiger charge is -2.00. The summed E-state index contributed by atoms with van der Waals surface area (Å²) >= 11 is 0. The number of carboxylic acid groups (broad SMARTS) is 1. The zero-order valence-electron chi connectivity index (χ0n) is 9.68. The molecule has 2 aromatic carbocycles. The van der Waals surface area contributed by atoms with Gasteiger partial charge in [-0.3, -0.25) is 4.99 Å². The molecule has 2 rings (SSSR count). The summed E-state index contributed by atoms with van der Waals surface area (Å²) < 4.78 is 26.3. The van der Waals surface area contributed by atoms with Gasteiger partial charge >= 0.3 is 5.97 Å². The summed E-state index contributed by atoms with van der Waals surface area (Å²) in [6, 6.07) is 9.01. The van der Waals surface area contributed by atoms with Crippen LogP contribution in [0.25, 0.3) is 0 Å². The molecule has 0 aromatic heterocycles. The molecule has 0 radical (unpaired) electrons. The zero-order valence-corrected chi connectivity index (χ0v) is 9.68. The van der Waals surface area contributed by atoms with E-state index in [1.54, 1.807) is 12.1 Å². The van der Waals surface area contributed by atoms with Crippen LogP contribution in [0.15, 0.2) is 47.5 Å². The van der Waals surface area contributed by atoms with Crippen molar-refractivity contribution < 1.29 is 18.7 Å². The van der Waals surface area contributed by atoms with Gasteiger partial charge in [-0.05, 0) is 30.3 Å². The molecular weight excluding hydrogens is 252 g/mol. The Bertz CT molecular complexity index is 654. The average Bonchev–Trinajstić information content (AvgIpc) is 2.40. The molecule has 2 aromatic rings. The highest BCUT2D eigenvalue weighted by Gasteiger charge is 2.07. The maximum atomic E-state index is 13.4. The molecule has 0 fully saturated rings. The first-order valence-electron chi connectivity index (χ1n) is 5.39. The number of rotatable bonds is 3. The third-order valence-electron chi connectivity index (χ3n) is 2.44. The Kier molecular flexibility index (Phi) is 3.66. The van der Waals surface area contributed by atoms with E-state index in [1.807, 2.05) is 0 Å². The first-order valence-corrected chi connectivity index (χ1v) is 5.39. The highest BCUT2D eigenvalue weighted by Crippen LogP contribution is 2.19. The van der Waals surface area contributed by atoms with Gasteiger partial charge in [-0.25, -0.2) is 13.6 Å². The van der Waals surface area contributed by atoms with E-state index in [4.69, 9.17) is 5.11 Å². The Balaban J connectivity index is 2.38. The van der Waals surface area contributed by atoms with E-state index in [2.05, 4.69) is 4.99 Å². The minimum absolute atomic E-state index is 0.00411. The van der Waals surface area contributed by atoms with E-state index < -0.39 is 17.6 Å². The van der Waals surface area contributed by atoms with Gasteiger partial charge in [0.1, 0.15) is 11.6 Å². The lowest BCUT2D eigenvalue weighted by molar-refractivity contribution is 0.0698. The number of carbonyl (C=O) groups is 1. The smallest absolute Gasteiger partial charge is 0.337 e. The molecular formula is C14H9F2NO2. The van der Waals surface area contributed by atoms with Crippen molar-refractivity contribution in [3.63, 3.8) is 0 Å². The number of hydrogen-bond acceptors (Lipinski definition) is 2. The molecule has 96 valence electrons. The topological polar surface area (TPSA) is 49.7 Å². The zero-order chi connectivity index (χ0) is 13.8. The van der Waals surface area contributed by atoms with Crippen LogP contribution in [0.4, 0.5) is 14.5 Å². The predicted molar refractivity (Wildman–Crippen MR) is 67.0 cm³/mol. The molecule has 1 N–H and O–H groups in total. The molecule has 0 saturated heterocycles. The minimum Gasteiger partial charge on any atom is -0.478 e. The fourth-order valence-corrected chi connectivity index (χ4v) is 1.52. The molecule has 0 amide bonds. The predicted octanol–water partition coefficient (Wildman–Crippen LogP) is 3.41. The molecule has 0 aliphatic carbocycles. The van der Waals surface area contributed by atoms with Gasteiger partial charge in [-0.15, -0.1) is 0 Å². The standard InChI is InChI=1S/C14H9F2NO2/c15-10-5-6-12(16)9(7-10)8-17-13-4-2-1-3-11(13)14(18)19/h1-8H,(H,18,19). The maximum absolute atomic E-state index is 13.4. The van der Waals surface area contributed by atoms with Gasteiger partial charge in [0.05, 0.1) is 11.3 Å². The number of aromatic carboxylic acids is 1. The SMILES string of the molecule is O=C(O)c1ccccc1N=Cc1cc(F)ccc1F. The summed E-state index contributed by atoms with van der Waals surface area (Å²) in [5, 5.41) is 8.95. The van der Waals surface area contributed by atoms with Gasteiger partial charge in [0.2, 0.25) is 0 Å². The molecule has 19 heavy (non-hydrogen) atoms. The third-order valence-corrected chi connectivity index (χ3v) is 2.44. The van der Waals surface area contributed by atoms with E-state index in [0.29, 0.717) is 0 Å². The van der Waals surface area contributed by atoms with Crippen LogP contribution in [0.1, 0.15) is 15.9 Å². The molecule has 3 nitrogen and oxygen atoms in total. The van der Waals surface area contributed by atoms with Crippen molar-refractivity contribution in [3.8, 4) is 0 Å². The summed E-state index contributed by atoms with van der Waals surface area (Å²) in [6.45, 7) is 0. The second-order valence-electron chi connectivity index (χ2n) is 3.75. The highest BCUT2D eigenvalue weighted by atomic mass is 19.1. The van der Waals surface area contributed by atoms with Crippen LogP contribution in [-0.2, 0) is 0 Å². The van der Waals surface area contributed by atoms with Crippen LogP contribution in [0.5, 0.6) is 0 Å². The van der Waals surface area contributed by atoms with Crippen molar-refractivity contribution in [1.82, 2.24) is 0 Å². The molecule has 0 aliphatic rings. The quantitative estimate of drug-likeness (QED) is 0.861. The van der Waals surface area contributed by atoms with Crippen LogP contribution < -0.4 is 0 Å². The van der Waals surface area contributed by atoms with Gasteiger partial charge in [0.15, 0.2) is 0 Å². The van der Waals surface area contributed by atoms with Crippen molar-refractivity contribution in [3.05, 3.63) is 65.2 Å². The first-order chi connectivity index (χ1) is 9.08. The normalized spacial score (nSPS) is 10.8. The summed E-state index contributed by atoms with van der Waals surface area (Å²) in [5.41, 5.74) is 0.134. The third kappa shape index (κ3) is 3.01. The number of nitrogens with zero attached hydrogens (tertiary/aromatic N) is 1. The second-order valence-corrected chi connectivity index (χ2v) is 3.75. The van der Waals surface area contributed by atoms with Gasteiger partial charge in [-0.2, -0.15) is 0 Å². The molecule has 0 spiro atoms. The molecule has 0 unspecified atom stereocenters. The Hall–Kier alpha value is -2.56. The number of benzene rings is 2. The number of carboxylic acids is 1. The van der Waals surface area contributed by atoms with E-state index in [0.717, 1.165) is 24.4 Å². The van der Waals surface area contributed by atoms with Crippen molar-refractivity contribution in [2.75, 3.05) is 0 Å². The summed E-state index contributed by atoms with van der Waals surface area (Å²) in [4.78, 5) is 14.8. The van der Waals surface area contributed by atoms with Crippen molar-refractivity contribution >= 4 is 17.9 Å². The summed E-state index contributed by atoms with van der Waals surface area (Å²) in [7, 11) is 0. The highest BCUT2D eigenvalue weighted by molar-refractivity contribution is 5.95. The largest absolute Gasteiger partial charge is 0.478 e. The monoisotopic (exact) mass is 261 g/mol. The van der Waals surface area contributed by atoms with Crippen molar-refractivity contribution in [2.45, 2.75) is 0 Å². The van der Waals surface area contributed by atoms with Crippen LogP contribution in [-0.4, -0.2) is 17.3 Å². The van der Waals surface area contributed by atoms with Gasteiger partial charge < -0.3 is 5.11 Å². The second kappa shape index (κ2) is 5.39. The number of para-hydroxylation sites is 1. The van der Waals surface area contributed by atoms with Crippen LogP contribution in [0.2, 0.25) is 0 Å². The molecule has 0 atom stereocenters. The van der Waals surface area contributed by atoms with Crippen LogP contribution in [0, 0.1) is 11.6 Å². The van der Waals surface area contributed by atoms with E-state index in [9.17, 15) is 13.6 Å². The van der Waals surface area contributed by atoms with Gasteiger partial charge in [0, 0.05) is 11.8 Å². The maximum Gasteiger partial charge on any atom is 0.337 e. The lowest BCUT2D eigenvalue weighted by atomic mass is 10.2. The number of aliphatic imine (C=N–C) groups is 1. The Morgan fingerprint density at radius 3 is 2.63 bits per heavy atom. The van der Waals surface area contributed by atoms with Crippen molar-refractivity contribution in [1.29, 1.82) is 0 Å². The fraction of sp³-hybridized carbons (Fsp3) is 0. The fourth-order valence-electron chi connectivity index (χ4n) is 1.52. The number of hydrogen-bond donors (Lipinski definition) is 1. The van der Waals surface area contributed by atoms with E-state index in [1.165, 1.54) is 12.1 Å². The molecule has 0 saturated carbocycles. The number of halogens is 2. The molecule has 0 aliphatic heterocycles. The lowest BCUT2D eigenvalue weighted by Crippen LogP contribution is -1.96. The Labute approximate surface area is 107 Å². The first kappa shape index (κ1) is 12.9. The van der Waals surface area contributed by atoms with Gasteiger partial charge in [-0.1, -0.05) is 12.1 Å². The average molecular weight is 261 g/mol. The molecule has 0 bridgehead atoms. The summed E-state index contributed by atoms with van der Waals surface area (Å²) in [6.07, 6.45) is 1.10. The van der Waals surface area contributed by atoms with Crippen molar-refractivity contribution in [2.24, 2.45) is 4.99 Å². The minimum atomic E-state index is -1.13. The van der Waals surface area contributed by atoms with Crippen LogP contribution >= 0.6 is 0 Å². The molecule has 0 heterocycles. The Morgan fingerprint density at radius 1 is 1.16 bits per heavy atom. The van der Waals surface area contributed by atoms with Gasteiger partial charge in [0.25, 0.3) is 0 Å². The molecule has 5 heteroatoms. The van der Waals surface area contributed by atoms with E-state index >= 15 is 0 Å².